The first-order valence-corrected chi connectivity index (χ1v) is 13.4. The van der Waals surface area contributed by atoms with E-state index in [1.807, 2.05) is 38.1 Å². The van der Waals surface area contributed by atoms with Gasteiger partial charge in [-0.25, -0.2) is 0 Å². The molecular formula is C33H36N2O5. The summed E-state index contributed by atoms with van der Waals surface area (Å²) in [7, 11) is 0. The molecule has 1 saturated heterocycles. The van der Waals surface area contributed by atoms with Crippen LogP contribution >= 0.6 is 0 Å². The number of carbonyl (C=O) groups excluding carboxylic acids is 3. The van der Waals surface area contributed by atoms with Crippen molar-refractivity contribution in [2.24, 2.45) is 0 Å². The number of ketones is 1. The van der Waals surface area contributed by atoms with Crippen LogP contribution in [-0.4, -0.2) is 29.3 Å². The Labute approximate surface area is 235 Å². The molecule has 2 amide bonds. The smallest absolute Gasteiger partial charge is 0.300 e. The first kappa shape index (κ1) is 28.6. The molecule has 208 valence electrons. The minimum atomic E-state index is -0.877. The Kier molecular flexibility index (Phi) is 8.14. The highest BCUT2D eigenvalue weighted by atomic mass is 16.5. The topological polar surface area (TPSA) is 95.9 Å². The van der Waals surface area contributed by atoms with Gasteiger partial charge < -0.3 is 15.2 Å². The van der Waals surface area contributed by atoms with E-state index in [0.717, 1.165) is 17.5 Å². The average Bonchev–Trinajstić information content (AvgIpc) is 3.17. The molecule has 1 heterocycles. The minimum Gasteiger partial charge on any atom is -0.507 e. The van der Waals surface area contributed by atoms with E-state index in [1.54, 1.807) is 42.5 Å². The van der Waals surface area contributed by atoms with Gasteiger partial charge in [-0.15, -0.1) is 0 Å². The molecule has 40 heavy (non-hydrogen) atoms. The molecule has 4 rings (SSSR count). The van der Waals surface area contributed by atoms with Gasteiger partial charge in [-0.3, -0.25) is 19.3 Å². The van der Waals surface area contributed by atoms with Gasteiger partial charge in [0.25, 0.3) is 11.7 Å². The van der Waals surface area contributed by atoms with Crippen molar-refractivity contribution in [2.75, 3.05) is 16.8 Å². The van der Waals surface area contributed by atoms with Gasteiger partial charge in [0.15, 0.2) is 0 Å². The summed E-state index contributed by atoms with van der Waals surface area (Å²) in [4.78, 5) is 40.2. The third-order valence-corrected chi connectivity index (χ3v) is 6.89. The van der Waals surface area contributed by atoms with Crippen molar-refractivity contribution in [3.05, 3.63) is 94.6 Å². The van der Waals surface area contributed by atoms with Crippen LogP contribution < -0.4 is 15.0 Å². The molecule has 1 aliphatic rings. The normalized spacial score (nSPS) is 16.8. The predicted octanol–water partition coefficient (Wildman–Crippen LogP) is 6.67. The number of rotatable bonds is 7. The maximum atomic E-state index is 13.6. The second-order valence-corrected chi connectivity index (χ2v) is 11.1. The van der Waals surface area contributed by atoms with E-state index in [4.69, 9.17) is 4.74 Å². The lowest BCUT2D eigenvalue weighted by atomic mass is 9.85. The number of nitrogens with one attached hydrogen (secondary N) is 1. The number of aryl methyl sites for hydroxylation is 1. The summed E-state index contributed by atoms with van der Waals surface area (Å²) in [5, 5.41) is 14.3. The molecule has 0 saturated carbocycles. The average molecular weight is 541 g/mol. The van der Waals surface area contributed by atoms with Crippen molar-refractivity contribution >= 4 is 34.7 Å². The fraction of sp³-hybridized carbons (Fsp3) is 0.303. The SMILES string of the molecule is CCCOc1ccc(/C(O)=C2\C(=O)C(=O)N(c3cccc(NC(C)=O)c3)C2c2ccc(C(C)(C)C)cc2)cc1C. The highest BCUT2D eigenvalue weighted by Crippen LogP contribution is 2.43. The van der Waals surface area contributed by atoms with Gasteiger partial charge >= 0.3 is 0 Å². The minimum absolute atomic E-state index is 0.0000605. The fourth-order valence-electron chi connectivity index (χ4n) is 4.84. The zero-order valence-corrected chi connectivity index (χ0v) is 23.9. The van der Waals surface area contributed by atoms with Gasteiger partial charge in [0, 0.05) is 23.9 Å². The van der Waals surface area contributed by atoms with Gasteiger partial charge in [0.2, 0.25) is 5.91 Å². The van der Waals surface area contributed by atoms with Crippen LogP contribution in [0.1, 0.15) is 69.3 Å². The summed E-state index contributed by atoms with van der Waals surface area (Å²) in [6.07, 6.45) is 0.863. The van der Waals surface area contributed by atoms with E-state index in [9.17, 15) is 19.5 Å². The summed E-state index contributed by atoms with van der Waals surface area (Å²) in [5.74, 6) is -1.35. The van der Waals surface area contributed by atoms with E-state index in [1.165, 1.54) is 11.8 Å². The van der Waals surface area contributed by atoms with Crippen molar-refractivity contribution < 1.29 is 24.2 Å². The zero-order chi connectivity index (χ0) is 29.2. The molecule has 1 fully saturated rings. The maximum absolute atomic E-state index is 13.6. The summed E-state index contributed by atoms with van der Waals surface area (Å²) in [5.41, 5.74) is 3.83. The highest BCUT2D eigenvalue weighted by molar-refractivity contribution is 6.51. The molecule has 7 heteroatoms. The summed E-state index contributed by atoms with van der Waals surface area (Å²) >= 11 is 0. The molecule has 7 nitrogen and oxygen atoms in total. The number of amides is 2. The van der Waals surface area contributed by atoms with E-state index >= 15 is 0 Å². The Balaban J connectivity index is 1.88. The van der Waals surface area contributed by atoms with E-state index in [2.05, 4.69) is 26.1 Å². The lowest BCUT2D eigenvalue weighted by molar-refractivity contribution is -0.132. The number of hydrogen-bond acceptors (Lipinski definition) is 5. The fourth-order valence-corrected chi connectivity index (χ4v) is 4.84. The molecule has 2 N–H and O–H groups in total. The Hall–Kier alpha value is -4.39. The van der Waals surface area contributed by atoms with Crippen molar-refractivity contribution in [2.45, 2.75) is 59.4 Å². The molecule has 1 unspecified atom stereocenters. The number of benzene rings is 3. The quantitative estimate of drug-likeness (QED) is 0.198. The number of carbonyl (C=O) groups is 3. The lowest BCUT2D eigenvalue weighted by Crippen LogP contribution is -2.29. The van der Waals surface area contributed by atoms with Gasteiger partial charge in [-0.1, -0.05) is 58.0 Å². The largest absolute Gasteiger partial charge is 0.507 e. The third-order valence-electron chi connectivity index (χ3n) is 6.89. The molecule has 0 aromatic heterocycles. The molecule has 1 aliphatic heterocycles. The maximum Gasteiger partial charge on any atom is 0.300 e. The van der Waals surface area contributed by atoms with Crippen LogP contribution in [0.3, 0.4) is 0 Å². The van der Waals surface area contributed by atoms with Crippen LogP contribution in [-0.2, 0) is 19.8 Å². The van der Waals surface area contributed by atoms with Crippen molar-refractivity contribution in [1.82, 2.24) is 0 Å². The second-order valence-electron chi connectivity index (χ2n) is 11.1. The van der Waals surface area contributed by atoms with Gasteiger partial charge in [0.05, 0.1) is 18.2 Å². The predicted molar refractivity (Wildman–Crippen MR) is 158 cm³/mol. The van der Waals surface area contributed by atoms with Crippen LogP contribution in [0.5, 0.6) is 5.75 Å². The molecular weight excluding hydrogens is 504 g/mol. The molecule has 1 atom stereocenters. The first-order chi connectivity index (χ1) is 18.9. The summed E-state index contributed by atoms with van der Waals surface area (Å²) in [6, 6.07) is 18.8. The van der Waals surface area contributed by atoms with Crippen LogP contribution in [0.2, 0.25) is 0 Å². The van der Waals surface area contributed by atoms with Crippen LogP contribution in [0.15, 0.2) is 72.3 Å². The molecule has 0 radical (unpaired) electrons. The number of aliphatic hydroxyl groups is 1. The lowest BCUT2D eigenvalue weighted by Gasteiger charge is -2.27. The Morgan fingerprint density at radius 1 is 1.02 bits per heavy atom. The summed E-state index contributed by atoms with van der Waals surface area (Å²) < 4.78 is 5.77. The molecule has 3 aromatic carbocycles. The highest BCUT2D eigenvalue weighted by Gasteiger charge is 2.47. The monoisotopic (exact) mass is 540 g/mol. The van der Waals surface area contributed by atoms with Gasteiger partial charge in [0.1, 0.15) is 11.5 Å². The molecule has 3 aromatic rings. The Bertz CT molecular complexity index is 1480. The number of ether oxygens (including phenoxy) is 1. The third kappa shape index (κ3) is 5.78. The summed E-state index contributed by atoms with van der Waals surface area (Å²) in [6.45, 7) is 12.2. The van der Waals surface area contributed by atoms with Crippen LogP contribution in [0.4, 0.5) is 11.4 Å². The zero-order valence-electron chi connectivity index (χ0n) is 23.9. The van der Waals surface area contributed by atoms with E-state index in [0.29, 0.717) is 34.9 Å². The van der Waals surface area contributed by atoms with E-state index in [-0.39, 0.29) is 22.7 Å². The number of Topliss-reactive ketones (excluding diaryl/α,β-unsaturated/α-hetero) is 1. The first-order valence-electron chi connectivity index (χ1n) is 13.4. The van der Waals surface area contributed by atoms with Gasteiger partial charge in [-0.2, -0.15) is 0 Å². The van der Waals surface area contributed by atoms with Crippen LogP contribution in [0.25, 0.3) is 5.76 Å². The number of anilines is 2. The van der Waals surface area contributed by atoms with Crippen LogP contribution in [0, 0.1) is 6.92 Å². The number of aliphatic hydroxyl groups excluding tert-OH is 1. The van der Waals surface area contributed by atoms with Crippen molar-refractivity contribution in [1.29, 1.82) is 0 Å². The van der Waals surface area contributed by atoms with Crippen molar-refractivity contribution in [3.8, 4) is 5.75 Å². The molecule has 0 bridgehead atoms. The van der Waals surface area contributed by atoms with Gasteiger partial charge in [-0.05, 0) is 71.8 Å². The second kappa shape index (κ2) is 11.4. The Morgan fingerprint density at radius 2 is 1.73 bits per heavy atom. The molecule has 0 aliphatic carbocycles. The van der Waals surface area contributed by atoms with E-state index < -0.39 is 17.7 Å². The number of hydrogen-bond donors (Lipinski definition) is 2. The Morgan fingerprint density at radius 3 is 2.33 bits per heavy atom. The van der Waals surface area contributed by atoms with Crippen molar-refractivity contribution in [3.63, 3.8) is 0 Å². The number of nitrogens with zero attached hydrogens (tertiary/aromatic N) is 1. The standard InChI is InChI=1S/C33H36N2O5/c1-7-17-40-27-16-13-23(18-20(27)2)30(37)28-29(22-11-14-24(15-12-22)33(4,5)6)35(32(39)31(28)38)26-10-8-9-25(19-26)34-21(3)36/h8-16,18-19,29,37H,7,17H2,1-6H3,(H,34,36)/b30-28+. The molecule has 0 spiro atoms.